The third-order valence-electron chi connectivity index (χ3n) is 3.86. The summed E-state index contributed by atoms with van der Waals surface area (Å²) in [6.07, 6.45) is 3.33. The first-order chi connectivity index (χ1) is 12.9. The second-order valence-electron chi connectivity index (χ2n) is 5.81. The molecule has 27 heavy (non-hydrogen) atoms. The fraction of sp³-hybridized carbons (Fsp3) is 0.105. The summed E-state index contributed by atoms with van der Waals surface area (Å²) in [6.45, 7) is 1.75. The normalized spacial score (nSPS) is 11.7. The SMILES string of the molecule is CC(C(=O)Nc1cccc(NC(=O)c2ccc(Cl)cc2Cl)c1)n1cccn1. The lowest BCUT2D eigenvalue weighted by Gasteiger charge is -2.13. The molecule has 0 aliphatic heterocycles. The molecule has 0 aliphatic rings. The van der Waals surface area contributed by atoms with Gasteiger partial charge in [-0.1, -0.05) is 29.3 Å². The molecule has 2 amide bonds. The number of aromatic nitrogens is 2. The van der Waals surface area contributed by atoms with E-state index in [1.54, 1.807) is 66.5 Å². The molecule has 2 N–H and O–H groups in total. The van der Waals surface area contributed by atoms with Crippen molar-refractivity contribution in [2.45, 2.75) is 13.0 Å². The van der Waals surface area contributed by atoms with E-state index in [4.69, 9.17) is 23.2 Å². The van der Waals surface area contributed by atoms with Crippen LogP contribution >= 0.6 is 23.2 Å². The van der Waals surface area contributed by atoms with Gasteiger partial charge >= 0.3 is 0 Å². The number of halogens is 2. The number of rotatable bonds is 5. The zero-order valence-corrected chi connectivity index (χ0v) is 15.8. The van der Waals surface area contributed by atoms with E-state index < -0.39 is 6.04 Å². The molecule has 1 unspecified atom stereocenters. The van der Waals surface area contributed by atoms with Crippen LogP contribution in [0.25, 0.3) is 0 Å². The van der Waals surface area contributed by atoms with E-state index >= 15 is 0 Å². The molecule has 3 rings (SSSR count). The average Bonchev–Trinajstić information content (AvgIpc) is 3.15. The molecule has 6 nitrogen and oxygen atoms in total. The van der Waals surface area contributed by atoms with Gasteiger partial charge < -0.3 is 10.6 Å². The van der Waals surface area contributed by atoms with Crippen molar-refractivity contribution in [3.8, 4) is 0 Å². The van der Waals surface area contributed by atoms with Gasteiger partial charge in [0.2, 0.25) is 5.91 Å². The van der Waals surface area contributed by atoms with Crippen LogP contribution in [0.1, 0.15) is 23.3 Å². The topological polar surface area (TPSA) is 76.0 Å². The van der Waals surface area contributed by atoms with Gasteiger partial charge in [-0.15, -0.1) is 0 Å². The van der Waals surface area contributed by atoms with Gasteiger partial charge in [-0.05, 0) is 49.4 Å². The van der Waals surface area contributed by atoms with Crippen molar-refractivity contribution in [1.29, 1.82) is 0 Å². The summed E-state index contributed by atoms with van der Waals surface area (Å²) < 4.78 is 1.56. The van der Waals surface area contributed by atoms with E-state index in [2.05, 4.69) is 15.7 Å². The highest BCUT2D eigenvalue weighted by atomic mass is 35.5. The smallest absolute Gasteiger partial charge is 0.257 e. The Hall–Kier alpha value is -2.83. The number of hydrogen-bond donors (Lipinski definition) is 2. The highest BCUT2D eigenvalue weighted by molar-refractivity contribution is 6.37. The van der Waals surface area contributed by atoms with Crippen molar-refractivity contribution in [3.63, 3.8) is 0 Å². The lowest BCUT2D eigenvalue weighted by molar-refractivity contribution is -0.119. The van der Waals surface area contributed by atoms with E-state index in [0.29, 0.717) is 22.0 Å². The van der Waals surface area contributed by atoms with Gasteiger partial charge in [0.15, 0.2) is 0 Å². The monoisotopic (exact) mass is 402 g/mol. The molecule has 1 heterocycles. The van der Waals surface area contributed by atoms with Crippen LogP contribution in [-0.2, 0) is 4.79 Å². The molecule has 1 atom stereocenters. The van der Waals surface area contributed by atoms with Gasteiger partial charge in [-0.2, -0.15) is 5.10 Å². The molecule has 1 aromatic heterocycles. The number of nitrogens with one attached hydrogen (secondary N) is 2. The lowest BCUT2D eigenvalue weighted by atomic mass is 10.2. The van der Waals surface area contributed by atoms with Gasteiger partial charge in [0.25, 0.3) is 5.91 Å². The molecule has 0 fully saturated rings. The fourth-order valence-corrected chi connectivity index (χ4v) is 2.92. The summed E-state index contributed by atoms with van der Waals surface area (Å²) in [5.41, 5.74) is 1.39. The van der Waals surface area contributed by atoms with E-state index in [9.17, 15) is 9.59 Å². The second-order valence-corrected chi connectivity index (χ2v) is 6.65. The van der Waals surface area contributed by atoms with Crippen molar-refractivity contribution in [1.82, 2.24) is 9.78 Å². The summed E-state index contributed by atoms with van der Waals surface area (Å²) in [6, 6.07) is 12.8. The molecular formula is C19H16Cl2N4O2. The zero-order chi connectivity index (χ0) is 19.4. The highest BCUT2D eigenvalue weighted by Gasteiger charge is 2.16. The minimum absolute atomic E-state index is 0.220. The molecule has 0 spiro atoms. The van der Waals surface area contributed by atoms with Crippen molar-refractivity contribution in [3.05, 3.63) is 76.5 Å². The molecule has 8 heteroatoms. The molecular weight excluding hydrogens is 387 g/mol. The van der Waals surface area contributed by atoms with Gasteiger partial charge in [0, 0.05) is 28.8 Å². The van der Waals surface area contributed by atoms with Gasteiger partial charge in [-0.3, -0.25) is 14.3 Å². The molecule has 0 saturated heterocycles. The zero-order valence-electron chi connectivity index (χ0n) is 14.3. The summed E-state index contributed by atoms with van der Waals surface area (Å²) in [5, 5.41) is 10.3. The van der Waals surface area contributed by atoms with E-state index in [0.717, 1.165) is 0 Å². The summed E-state index contributed by atoms with van der Waals surface area (Å²) in [5.74, 6) is -0.590. The standard InChI is InChI=1S/C19H16Cl2N4O2/c1-12(25-9-3-8-22-25)18(26)23-14-4-2-5-15(11-14)24-19(27)16-7-6-13(20)10-17(16)21/h2-12H,1H3,(H,23,26)(H,24,27). The van der Waals surface area contributed by atoms with Crippen LogP contribution in [-0.4, -0.2) is 21.6 Å². The van der Waals surface area contributed by atoms with E-state index in [1.165, 1.54) is 6.07 Å². The molecule has 0 bridgehead atoms. The number of hydrogen-bond acceptors (Lipinski definition) is 3. The number of benzene rings is 2. The number of anilines is 2. The van der Waals surface area contributed by atoms with Crippen LogP contribution in [0.2, 0.25) is 10.0 Å². The molecule has 0 saturated carbocycles. The fourth-order valence-electron chi connectivity index (χ4n) is 2.42. The maximum Gasteiger partial charge on any atom is 0.257 e. The Morgan fingerprint density at radius 3 is 2.44 bits per heavy atom. The molecule has 3 aromatic rings. The van der Waals surface area contributed by atoms with Gasteiger partial charge in [0.05, 0.1) is 10.6 Å². The molecule has 0 aliphatic carbocycles. The largest absolute Gasteiger partial charge is 0.324 e. The van der Waals surface area contributed by atoms with Crippen LogP contribution in [0.3, 0.4) is 0 Å². The minimum Gasteiger partial charge on any atom is -0.324 e. The van der Waals surface area contributed by atoms with E-state index in [-0.39, 0.29) is 16.8 Å². The number of carbonyl (C=O) groups is 2. The van der Waals surface area contributed by atoms with Gasteiger partial charge in [0.1, 0.15) is 6.04 Å². The Morgan fingerprint density at radius 1 is 1.04 bits per heavy atom. The van der Waals surface area contributed by atoms with Gasteiger partial charge in [-0.25, -0.2) is 0 Å². The minimum atomic E-state index is -0.467. The Kier molecular flexibility index (Phi) is 5.78. The molecule has 0 radical (unpaired) electrons. The van der Waals surface area contributed by atoms with Crippen LogP contribution in [0.15, 0.2) is 60.9 Å². The Labute approximate surface area is 166 Å². The quantitative estimate of drug-likeness (QED) is 0.652. The predicted molar refractivity (Wildman–Crippen MR) is 106 cm³/mol. The van der Waals surface area contributed by atoms with Crippen LogP contribution in [0.4, 0.5) is 11.4 Å². The first-order valence-electron chi connectivity index (χ1n) is 8.10. The van der Waals surface area contributed by atoms with Crippen LogP contribution < -0.4 is 10.6 Å². The van der Waals surface area contributed by atoms with Crippen molar-refractivity contribution in [2.75, 3.05) is 10.6 Å². The van der Waals surface area contributed by atoms with Crippen molar-refractivity contribution in [2.24, 2.45) is 0 Å². The molecule has 2 aromatic carbocycles. The first-order valence-corrected chi connectivity index (χ1v) is 8.86. The third kappa shape index (κ3) is 4.67. The second kappa shape index (κ2) is 8.24. The molecule has 138 valence electrons. The number of carbonyl (C=O) groups excluding carboxylic acids is 2. The van der Waals surface area contributed by atoms with E-state index in [1.807, 2.05) is 0 Å². The Balaban J connectivity index is 1.70. The Bertz CT molecular complexity index is 974. The highest BCUT2D eigenvalue weighted by Crippen LogP contribution is 2.23. The number of amides is 2. The van der Waals surface area contributed by atoms with Crippen molar-refractivity contribution >= 4 is 46.4 Å². The van der Waals surface area contributed by atoms with Crippen LogP contribution in [0, 0.1) is 0 Å². The average molecular weight is 403 g/mol. The summed E-state index contributed by atoms with van der Waals surface area (Å²) in [4.78, 5) is 24.8. The first kappa shape index (κ1) is 18.9. The maximum atomic E-state index is 12.4. The Morgan fingerprint density at radius 2 is 1.78 bits per heavy atom. The van der Waals surface area contributed by atoms with Crippen molar-refractivity contribution < 1.29 is 9.59 Å². The summed E-state index contributed by atoms with van der Waals surface area (Å²) in [7, 11) is 0. The third-order valence-corrected chi connectivity index (χ3v) is 4.41. The lowest BCUT2D eigenvalue weighted by Crippen LogP contribution is -2.24. The maximum absolute atomic E-state index is 12.4. The summed E-state index contributed by atoms with van der Waals surface area (Å²) >= 11 is 11.9. The number of nitrogens with zero attached hydrogens (tertiary/aromatic N) is 2. The predicted octanol–water partition coefficient (Wildman–Crippen LogP) is 4.64. The van der Waals surface area contributed by atoms with Crippen LogP contribution in [0.5, 0.6) is 0 Å².